The van der Waals surface area contributed by atoms with Crippen molar-refractivity contribution in [3.8, 4) is 11.4 Å². The molecular weight excluding hydrogens is 433 g/mol. The van der Waals surface area contributed by atoms with E-state index in [1.807, 2.05) is 0 Å². The van der Waals surface area contributed by atoms with E-state index in [9.17, 15) is 19.5 Å². The first-order valence-corrected chi connectivity index (χ1v) is 9.48. The molecule has 3 aromatic rings. The third-order valence-electron chi connectivity index (χ3n) is 4.31. The smallest absolute Gasteiger partial charge is 0.305 e. The van der Waals surface area contributed by atoms with Crippen molar-refractivity contribution < 1.29 is 19.4 Å². The summed E-state index contributed by atoms with van der Waals surface area (Å²) in [5, 5.41) is 15.3. The Labute approximate surface area is 181 Å². The quantitative estimate of drug-likeness (QED) is 0.511. The minimum atomic E-state index is -1.13. The first kappa shape index (κ1) is 21.5. The number of carboxylic acids is 1. The van der Waals surface area contributed by atoms with Crippen LogP contribution in [0.2, 0.25) is 10.0 Å². The molecule has 0 bridgehead atoms. The van der Waals surface area contributed by atoms with Crippen LogP contribution >= 0.6 is 23.2 Å². The molecule has 1 aromatic heterocycles. The summed E-state index contributed by atoms with van der Waals surface area (Å²) in [4.78, 5) is 36.5. The van der Waals surface area contributed by atoms with Gasteiger partial charge in [0.05, 0.1) is 30.3 Å². The second-order valence-corrected chi connectivity index (χ2v) is 7.15. The van der Waals surface area contributed by atoms with Crippen LogP contribution in [-0.4, -0.2) is 33.9 Å². The lowest BCUT2D eigenvalue weighted by atomic mass is 10.0. The predicted octanol–water partition coefficient (Wildman–Crippen LogP) is 3.43. The molecule has 0 aliphatic rings. The number of benzene rings is 2. The zero-order valence-corrected chi connectivity index (χ0v) is 17.2. The molecule has 1 unspecified atom stereocenters. The number of para-hydroxylation sites is 1. The summed E-state index contributed by atoms with van der Waals surface area (Å²) in [5.74, 6) is -1.44. The number of hydrogen-bond acceptors (Lipinski definition) is 4. The topological polar surface area (TPSA) is 113 Å². The SMILES string of the molecule is COc1ccc(Cl)cc1C(CC(=O)O)NC(=O)c1cc(=O)n(-c2ccccc2Cl)[nH]1. The highest BCUT2D eigenvalue weighted by molar-refractivity contribution is 6.32. The van der Waals surface area contributed by atoms with E-state index < -0.39 is 29.9 Å². The number of ether oxygens (including phenoxy) is 1. The molecule has 0 radical (unpaired) electrons. The van der Waals surface area contributed by atoms with Crippen molar-refractivity contribution in [3.05, 3.63) is 80.2 Å². The molecular formula is C20H17Cl2N3O5. The normalized spacial score (nSPS) is 11.7. The van der Waals surface area contributed by atoms with E-state index in [4.69, 9.17) is 27.9 Å². The number of nitrogens with one attached hydrogen (secondary N) is 2. The van der Waals surface area contributed by atoms with Gasteiger partial charge in [-0.2, -0.15) is 0 Å². The fraction of sp³-hybridized carbons (Fsp3) is 0.150. The fourth-order valence-electron chi connectivity index (χ4n) is 2.95. The van der Waals surface area contributed by atoms with Crippen molar-refractivity contribution in [2.45, 2.75) is 12.5 Å². The van der Waals surface area contributed by atoms with Gasteiger partial charge in [-0.3, -0.25) is 19.5 Å². The number of H-pyrrole nitrogens is 1. The van der Waals surface area contributed by atoms with Gasteiger partial charge in [-0.1, -0.05) is 35.3 Å². The number of carbonyl (C=O) groups excluding carboxylic acids is 1. The van der Waals surface area contributed by atoms with Crippen molar-refractivity contribution >= 4 is 35.1 Å². The van der Waals surface area contributed by atoms with E-state index >= 15 is 0 Å². The maximum atomic E-state index is 12.8. The molecule has 2 aromatic carbocycles. The fourth-order valence-corrected chi connectivity index (χ4v) is 3.35. The van der Waals surface area contributed by atoms with Crippen LogP contribution in [-0.2, 0) is 4.79 Å². The number of nitrogens with zero attached hydrogens (tertiary/aromatic N) is 1. The predicted molar refractivity (Wildman–Crippen MR) is 112 cm³/mol. The van der Waals surface area contributed by atoms with Gasteiger partial charge in [0.25, 0.3) is 11.5 Å². The summed E-state index contributed by atoms with van der Waals surface area (Å²) < 4.78 is 6.39. The molecule has 3 rings (SSSR count). The van der Waals surface area contributed by atoms with Gasteiger partial charge in [0.2, 0.25) is 0 Å². The van der Waals surface area contributed by atoms with E-state index in [0.29, 0.717) is 27.0 Å². The minimum Gasteiger partial charge on any atom is -0.496 e. The molecule has 0 aliphatic carbocycles. The highest BCUT2D eigenvalue weighted by Gasteiger charge is 2.24. The number of hydrogen-bond donors (Lipinski definition) is 3. The lowest BCUT2D eigenvalue weighted by Crippen LogP contribution is -2.31. The number of aromatic amines is 1. The van der Waals surface area contributed by atoms with E-state index in [2.05, 4.69) is 10.4 Å². The molecule has 3 N–H and O–H groups in total. The maximum absolute atomic E-state index is 12.8. The molecule has 0 saturated heterocycles. The molecule has 156 valence electrons. The number of amides is 1. The van der Waals surface area contributed by atoms with Crippen molar-refractivity contribution in [3.63, 3.8) is 0 Å². The molecule has 0 aliphatic heterocycles. The van der Waals surface area contributed by atoms with Gasteiger partial charge in [0.1, 0.15) is 11.4 Å². The molecule has 10 heteroatoms. The molecule has 0 spiro atoms. The number of aromatic nitrogens is 2. The number of aliphatic carboxylic acids is 1. The van der Waals surface area contributed by atoms with Gasteiger partial charge in [-0.25, -0.2) is 4.68 Å². The van der Waals surface area contributed by atoms with E-state index in [1.165, 1.54) is 13.2 Å². The highest BCUT2D eigenvalue weighted by Crippen LogP contribution is 2.30. The van der Waals surface area contributed by atoms with Crippen molar-refractivity contribution in [2.75, 3.05) is 7.11 Å². The second-order valence-electron chi connectivity index (χ2n) is 6.31. The van der Waals surface area contributed by atoms with E-state index in [0.717, 1.165) is 10.7 Å². The molecule has 0 fully saturated rings. The zero-order valence-electron chi connectivity index (χ0n) is 15.7. The number of carboxylic acid groups (broad SMARTS) is 1. The number of rotatable bonds is 7. The second kappa shape index (κ2) is 9.06. The molecule has 0 saturated carbocycles. The molecule has 1 amide bonds. The van der Waals surface area contributed by atoms with Crippen LogP contribution in [0, 0.1) is 0 Å². The third-order valence-corrected chi connectivity index (χ3v) is 4.86. The van der Waals surface area contributed by atoms with Gasteiger partial charge >= 0.3 is 5.97 Å². The van der Waals surface area contributed by atoms with Gasteiger partial charge < -0.3 is 15.2 Å². The molecule has 1 heterocycles. The Morgan fingerprint density at radius 1 is 1.20 bits per heavy atom. The van der Waals surface area contributed by atoms with Gasteiger partial charge in [-0.05, 0) is 30.3 Å². The summed E-state index contributed by atoms with van der Waals surface area (Å²) in [6.45, 7) is 0. The Hall–Kier alpha value is -3.23. The summed E-state index contributed by atoms with van der Waals surface area (Å²) in [7, 11) is 1.42. The van der Waals surface area contributed by atoms with Crippen LogP contribution in [0.15, 0.2) is 53.3 Å². The maximum Gasteiger partial charge on any atom is 0.305 e. The Kier molecular flexibility index (Phi) is 6.49. The third kappa shape index (κ3) is 4.67. The van der Waals surface area contributed by atoms with Crippen LogP contribution in [0.1, 0.15) is 28.5 Å². The summed E-state index contributed by atoms with van der Waals surface area (Å²) in [6, 6.07) is 11.5. The van der Waals surface area contributed by atoms with Crippen LogP contribution < -0.4 is 15.6 Å². The first-order chi connectivity index (χ1) is 14.3. The van der Waals surface area contributed by atoms with Crippen LogP contribution in [0.3, 0.4) is 0 Å². The first-order valence-electron chi connectivity index (χ1n) is 8.73. The number of halogens is 2. The summed E-state index contributed by atoms with van der Waals surface area (Å²) in [6.07, 6.45) is -0.419. The Morgan fingerprint density at radius 3 is 2.60 bits per heavy atom. The summed E-state index contributed by atoms with van der Waals surface area (Å²) >= 11 is 12.2. The monoisotopic (exact) mass is 449 g/mol. The Morgan fingerprint density at radius 2 is 1.93 bits per heavy atom. The number of carbonyl (C=O) groups is 2. The van der Waals surface area contributed by atoms with Crippen LogP contribution in [0.5, 0.6) is 5.75 Å². The molecule has 1 atom stereocenters. The van der Waals surface area contributed by atoms with Gasteiger partial charge in [0, 0.05) is 16.7 Å². The van der Waals surface area contributed by atoms with Crippen molar-refractivity contribution in [2.24, 2.45) is 0 Å². The van der Waals surface area contributed by atoms with Gasteiger partial charge in [0.15, 0.2) is 0 Å². The van der Waals surface area contributed by atoms with Crippen molar-refractivity contribution in [1.29, 1.82) is 0 Å². The van der Waals surface area contributed by atoms with Crippen LogP contribution in [0.4, 0.5) is 0 Å². The molecule has 8 nitrogen and oxygen atoms in total. The van der Waals surface area contributed by atoms with E-state index in [1.54, 1.807) is 36.4 Å². The highest BCUT2D eigenvalue weighted by atomic mass is 35.5. The largest absolute Gasteiger partial charge is 0.496 e. The molecule has 30 heavy (non-hydrogen) atoms. The van der Waals surface area contributed by atoms with E-state index in [-0.39, 0.29) is 5.69 Å². The average molecular weight is 450 g/mol. The minimum absolute atomic E-state index is 0.0590. The zero-order chi connectivity index (χ0) is 21.8. The standard InChI is InChI=1S/C20H17Cl2N3O5/c1-30-17-7-6-11(21)8-12(17)14(10-19(27)28)23-20(29)15-9-18(26)25(24-15)16-5-3-2-4-13(16)22/h2-9,14,24H,10H2,1H3,(H,23,29)(H,27,28). The van der Waals surface area contributed by atoms with Gasteiger partial charge in [-0.15, -0.1) is 0 Å². The Bertz CT molecular complexity index is 1160. The number of methoxy groups -OCH3 is 1. The Balaban J connectivity index is 1.93. The average Bonchev–Trinajstić information content (AvgIpc) is 3.09. The lowest BCUT2D eigenvalue weighted by Gasteiger charge is -2.20. The van der Waals surface area contributed by atoms with Crippen molar-refractivity contribution in [1.82, 2.24) is 15.1 Å². The van der Waals surface area contributed by atoms with Crippen LogP contribution in [0.25, 0.3) is 5.69 Å². The summed E-state index contributed by atoms with van der Waals surface area (Å²) in [5.41, 5.74) is 0.218. The lowest BCUT2D eigenvalue weighted by molar-refractivity contribution is -0.137.